The molecule has 1 amide bonds. The van der Waals surface area contributed by atoms with E-state index in [0.717, 1.165) is 5.56 Å². The van der Waals surface area contributed by atoms with Crippen molar-refractivity contribution >= 4 is 34.5 Å². The van der Waals surface area contributed by atoms with Crippen LogP contribution in [0.5, 0.6) is 0 Å². The maximum absolute atomic E-state index is 12.6. The number of hydrogen-bond donors (Lipinski definition) is 0. The number of carbonyl (C=O) groups excluding carboxylic acids is 1. The summed E-state index contributed by atoms with van der Waals surface area (Å²) < 4.78 is 3.44. The van der Waals surface area contributed by atoms with Crippen LogP contribution in [0.1, 0.15) is 15.9 Å². The van der Waals surface area contributed by atoms with Gasteiger partial charge in [-0.2, -0.15) is 10.1 Å². The fraction of sp³-hybridized carbons (Fsp3) is 0.0588. The van der Waals surface area contributed by atoms with Crippen LogP contribution in [0.2, 0.25) is 5.02 Å². The number of halogens is 1. The Labute approximate surface area is 151 Å². The number of carbonyl (C=O) groups is 1. The summed E-state index contributed by atoms with van der Waals surface area (Å²) in [6.07, 6.45) is 6.73. The summed E-state index contributed by atoms with van der Waals surface area (Å²) in [5.74, 6) is -0.371. The minimum atomic E-state index is -0.371. The van der Waals surface area contributed by atoms with Crippen LogP contribution in [-0.4, -0.2) is 25.1 Å². The van der Waals surface area contributed by atoms with Gasteiger partial charge in [-0.1, -0.05) is 29.8 Å². The van der Waals surface area contributed by atoms with Crippen molar-refractivity contribution in [2.45, 2.75) is 6.54 Å². The quantitative estimate of drug-likeness (QED) is 0.557. The second-order valence-electron chi connectivity index (χ2n) is 5.27. The van der Waals surface area contributed by atoms with Crippen LogP contribution in [0.3, 0.4) is 0 Å². The van der Waals surface area contributed by atoms with Crippen LogP contribution in [-0.2, 0) is 6.54 Å². The Morgan fingerprint density at radius 2 is 2.12 bits per heavy atom. The molecular formula is C17H12ClN5OS. The van der Waals surface area contributed by atoms with Crippen LogP contribution in [0.15, 0.2) is 65.5 Å². The Hall–Kier alpha value is -2.77. The zero-order chi connectivity index (χ0) is 17.2. The number of amides is 1. The molecule has 0 aliphatic heterocycles. The molecule has 124 valence electrons. The molecule has 4 rings (SSSR count). The van der Waals surface area contributed by atoms with Crippen molar-refractivity contribution in [3.05, 3.63) is 81.5 Å². The fourth-order valence-corrected chi connectivity index (χ4v) is 3.36. The molecule has 3 heterocycles. The first kappa shape index (κ1) is 15.7. The van der Waals surface area contributed by atoms with Gasteiger partial charge in [0.15, 0.2) is 10.4 Å². The largest absolute Gasteiger partial charge is 0.319 e. The molecule has 4 aromatic rings. The third-order valence-corrected chi connectivity index (χ3v) is 4.83. The summed E-state index contributed by atoms with van der Waals surface area (Å²) in [5, 5.41) is 6.69. The van der Waals surface area contributed by atoms with E-state index in [0.29, 0.717) is 27.6 Å². The smallest absolute Gasteiger partial charge is 0.285 e. The summed E-state index contributed by atoms with van der Waals surface area (Å²) in [6, 6.07) is 9.37. The zero-order valence-electron chi connectivity index (χ0n) is 12.9. The minimum Gasteiger partial charge on any atom is -0.319 e. The van der Waals surface area contributed by atoms with E-state index in [1.165, 1.54) is 17.5 Å². The van der Waals surface area contributed by atoms with Gasteiger partial charge in [0.2, 0.25) is 0 Å². The number of fused-ring (bicyclic) bond motifs is 1. The van der Waals surface area contributed by atoms with Crippen molar-refractivity contribution in [1.29, 1.82) is 0 Å². The molecule has 0 saturated carbocycles. The maximum Gasteiger partial charge on any atom is 0.285 e. The molecule has 0 saturated heterocycles. The molecule has 0 bridgehead atoms. The first-order valence-electron chi connectivity index (χ1n) is 7.47. The van der Waals surface area contributed by atoms with Crippen LogP contribution in [0.4, 0.5) is 0 Å². The van der Waals surface area contributed by atoms with Gasteiger partial charge >= 0.3 is 0 Å². The van der Waals surface area contributed by atoms with Crippen molar-refractivity contribution < 1.29 is 4.79 Å². The molecule has 3 aromatic heterocycles. The Kier molecular flexibility index (Phi) is 4.17. The van der Waals surface area contributed by atoms with Crippen molar-refractivity contribution in [2.24, 2.45) is 4.99 Å². The number of aromatic nitrogens is 4. The van der Waals surface area contributed by atoms with Gasteiger partial charge in [-0.3, -0.25) is 4.79 Å². The average Bonchev–Trinajstić information content (AvgIpc) is 3.24. The number of benzene rings is 1. The third-order valence-electron chi connectivity index (χ3n) is 3.67. The van der Waals surface area contributed by atoms with Crippen molar-refractivity contribution in [2.75, 3.05) is 0 Å². The van der Waals surface area contributed by atoms with Gasteiger partial charge in [-0.25, -0.2) is 9.50 Å². The van der Waals surface area contributed by atoms with Crippen molar-refractivity contribution in [1.82, 2.24) is 19.2 Å². The van der Waals surface area contributed by atoms with E-state index in [9.17, 15) is 4.79 Å². The SMILES string of the molecule is O=C(N=c1sccn1Cc1ccccc1Cl)c1cnn2cccnc12. The molecule has 0 radical (unpaired) electrons. The molecule has 0 aliphatic rings. The molecule has 0 N–H and O–H groups in total. The van der Waals surface area contributed by atoms with Gasteiger partial charge < -0.3 is 4.57 Å². The zero-order valence-corrected chi connectivity index (χ0v) is 14.5. The lowest BCUT2D eigenvalue weighted by Gasteiger charge is -2.05. The van der Waals surface area contributed by atoms with E-state index >= 15 is 0 Å². The fourth-order valence-electron chi connectivity index (χ4n) is 2.44. The Bertz CT molecular complexity index is 1130. The van der Waals surface area contributed by atoms with Crippen molar-refractivity contribution in [3.63, 3.8) is 0 Å². The van der Waals surface area contributed by atoms with E-state index < -0.39 is 0 Å². The second kappa shape index (κ2) is 6.62. The molecule has 8 heteroatoms. The number of nitrogens with zero attached hydrogens (tertiary/aromatic N) is 5. The Balaban J connectivity index is 1.70. The van der Waals surface area contributed by atoms with E-state index in [2.05, 4.69) is 15.1 Å². The molecule has 0 spiro atoms. The predicted octanol–water partition coefficient (Wildman–Crippen LogP) is 3.04. The highest BCUT2D eigenvalue weighted by molar-refractivity contribution is 7.07. The lowest BCUT2D eigenvalue weighted by atomic mass is 10.2. The highest BCUT2D eigenvalue weighted by Crippen LogP contribution is 2.16. The van der Waals surface area contributed by atoms with Gasteiger partial charge in [0.25, 0.3) is 5.91 Å². The monoisotopic (exact) mass is 369 g/mol. The normalized spacial score (nSPS) is 12.0. The lowest BCUT2D eigenvalue weighted by molar-refractivity contribution is 0.0999. The number of rotatable bonds is 3. The van der Waals surface area contributed by atoms with Gasteiger partial charge in [-0.15, -0.1) is 11.3 Å². The molecule has 1 aromatic carbocycles. The van der Waals surface area contributed by atoms with E-state index in [1.807, 2.05) is 40.4 Å². The highest BCUT2D eigenvalue weighted by atomic mass is 35.5. The molecule has 0 aliphatic carbocycles. The molecule has 0 unspecified atom stereocenters. The summed E-state index contributed by atoms with van der Waals surface area (Å²) in [4.78, 5) is 21.6. The minimum absolute atomic E-state index is 0.371. The summed E-state index contributed by atoms with van der Waals surface area (Å²) in [6.45, 7) is 0.544. The lowest BCUT2D eigenvalue weighted by Crippen LogP contribution is -2.17. The van der Waals surface area contributed by atoms with Gasteiger partial charge in [0.1, 0.15) is 5.56 Å². The van der Waals surface area contributed by atoms with E-state index in [4.69, 9.17) is 11.6 Å². The van der Waals surface area contributed by atoms with Crippen LogP contribution >= 0.6 is 22.9 Å². The first-order valence-corrected chi connectivity index (χ1v) is 8.73. The van der Waals surface area contributed by atoms with Crippen molar-refractivity contribution in [3.8, 4) is 0 Å². The Morgan fingerprint density at radius 3 is 3.00 bits per heavy atom. The second-order valence-corrected chi connectivity index (χ2v) is 6.55. The van der Waals surface area contributed by atoms with Gasteiger partial charge in [0, 0.05) is 29.0 Å². The predicted molar refractivity (Wildman–Crippen MR) is 95.7 cm³/mol. The average molecular weight is 370 g/mol. The molecular weight excluding hydrogens is 358 g/mol. The van der Waals surface area contributed by atoms with E-state index in [1.54, 1.807) is 23.0 Å². The standard InChI is InChI=1S/C17H12ClN5OS/c18-14-5-2-1-4-12(14)11-22-8-9-25-17(22)21-16(24)13-10-20-23-7-3-6-19-15(13)23/h1-10H,11H2. The Morgan fingerprint density at radius 1 is 1.24 bits per heavy atom. The molecule has 0 fully saturated rings. The molecule has 0 atom stereocenters. The first-order chi connectivity index (χ1) is 12.2. The van der Waals surface area contributed by atoms with Crippen LogP contribution < -0.4 is 4.80 Å². The van der Waals surface area contributed by atoms with Crippen LogP contribution in [0.25, 0.3) is 5.65 Å². The van der Waals surface area contributed by atoms with E-state index in [-0.39, 0.29) is 5.91 Å². The van der Waals surface area contributed by atoms with Gasteiger partial charge in [-0.05, 0) is 17.7 Å². The maximum atomic E-state index is 12.6. The summed E-state index contributed by atoms with van der Waals surface area (Å²) in [7, 11) is 0. The third kappa shape index (κ3) is 3.11. The number of thiazole rings is 1. The van der Waals surface area contributed by atoms with Gasteiger partial charge in [0.05, 0.1) is 12.7 Å². The topological polar surface area (TPSA) is 64.5 Å². The highest BCUT2D eigenvalue weighted by Gasteiger charge is 2.13. The molecule has 25 heavy (non-hydrogen) atoms. The summed E-state index contributed by atoms with van der Waals surface area (Å²) in [5.41, 5.74) is 1.83. The number of hydrogen-bond acceptors (Lipinski definition) is 4. The molecule has 6 nitrogen and oxygen atoms in total. The van der Waals surface area contributed by atoms with Crippen LogP contribution in [0, 0.1) is 0 Å². The summed E-state index contributed by atoms with van der Waals surface area (Å²) >= 11 is 7.61.